The van der Waals surface area contributed by atoms with Crippen LogP contribution in [0.15, 0.2) is 65.6 Å². The molecule has 51 heavy (non-hydrogen) atoms. The number of nitrogens with zero attached hydrogens (tertiary/aromatic N) is 2. The number of fused-ring (bicyclic) bond motifs is 2. The average molecular weight is 729 g/mol. The summed E-state index contributed by atoms with van der Waals surface area (Å²) in [6.45, 7) is 6.06. The van der Waals surface area contributed by atoms with Gasteiger partial charge in [0.2, 0.25) is 6.79 Å². The van der Waals surface area contributed by atoms with Gasteiger partial charge in [0.1, 0.15) is 11.6 Å². The van der Waals surface area contributed by atoms with Crippen LogP contribution in [0.25, 0.3) is 0 Å². The van der Waals surface area contributed by atoms with Gasteiger partial charge in [-0.25, -0.2) is 17.6 Å². The summed E-state index contributed by atoms with van der Waals surface area (Å²) in [5, 5.41) is 13.1. The summed E-state index contributed by atoms with van der Waals surface area (Å²) < 4.78 is 65.5. The Morgan fingerprint density at radius 1 is 1.02 bits per heavy atom. The molecule has 0 spiro atoms. The average Bonchev–Trinajstić information content (AvgIpc) is 3.57. The number of anilines is 2. The molecule has 4 atom stereocenters. The van der Waals surface area contributed by atoms with Crippen molar-refractivity contribution in [3.05, 3.63) is 72.0 Å². The van der Waals surface area contributed by atoms with Crippen LogP contribution >= 0.6 is 0 Å². The number of rotatable bonds is 8. The van der Waals surface area contributed by atoms with Gasteiger partial charge >= 0.3 is 6.03 Å². The minimum absolute atomic E-state index is 0.100. The number of ether oxygens (including phenoxy) is 4. The van der Waals surface area contributed by atoms with E-state index >= 15 is 0 Å². The van der Waals surface area contributed by atoms with Crippen molar-refractivity contribution in [2.45, 2.75) is 63.2 Å². The van der Waals surface area contributed by atoms with Gasteiger partial charge in [-0.2, -0.15) is 0 Å². The van der Waals surface area contributed by atoms with Crippen LogP contribution < -0.4 is 24.2 Å². The molecule has 3 amide bonds. The second-order valence-electron chi connectivity index (χ2n) is 12.9. The Morgan fingerprint density at radius 2 is 1.73 bits per heavy atom. The number of nitrogens with one attached hydrogen (secondary N) is 2. The van der Waals surface area contributed by atoms with Gasteiger partial charge in [-0.15, -0.1) is 0 Å². The Kier molecular flexibility index (Phi) is 12.3. The number of halogens is 1. The number of amides is 3. The summed E-state index contributed by atoms with van der Waals surface area (Å²) >= 11 is 0. The van der Waals surface area contributed by atoms with Crippen LogP contribution in [0.5, 0.6) is 17.2 Å². The number of hydrogen-bond acceptors (Lipinski definition) is 9. The van der Waals surface area contributed by atoms with E-state index in [0.717, 1.165) is 37.1 Å². The fourth-order valence-corrected chi connectivity index (χ4v) is 6.87. The first-order chi connectivity index (χ1) is 24.3. The largest absolute Gasteiger partial charge is 0.490 e. The normalized spacial score (nSPS) is 20.4. The molecule has 2 aliphatic rings. The number of aliphatic hydroxyl groups excluding tert-OH is 1. The van der Waals surface area contributed by atoms with E-state index in [0.29, 0.717) is 30.2 Å². The minimum atomic E-state index is -4.11. The number of carbonyl (C=O) groups is 2. The number of likely N-dealkylation sites (N-methyl/N-ethyl adjacent to an activating group) is 1. The fourth-order valence-electron chi connectivity index (χ4n) is 5.82. The van der Waals surface area contributed by atoms with Crippen molar-refractivity contribution in [2.75, 3.05) is 50.2 Å². The minimum Gasteiger partial charge on any atom is -0.490 e. The highest BCUT2D eigenvalue weighted by Gasteiger charge is 2.31. The molecule has 0 radical (unpaired) electrons. The molecule has 0 unspecified atom stereocenters. The third-order valence-electron chi connectivity index (χ3n) is 8.85. The van der Waals surface area contributed by atoms with Crippen LogP contribution in [0.1, 0.15) is 50.4 Å². The van der Waals surface area contributed by atoms with E-state index in [1.165, 1.54) is 21.9 Å². The first kappa shape index (κ1) is 37.7. The quantitative estimate of drug-likeness (QED) is 0.280. The molecule has 13 nitrogen and oxygen atoms in total. The zero-order chi connectivity index (χ0) is 36.7. The predicted octanol–water partition coefficient (Wildman–Crippen LogP) is 5.31. The molecule has 15 heteroatoms. The molecule has 0 saturated carbocycles. The van der Waals surface area contributed by atoms with Crippen molar-refractivity contribution in [1.29, 1.82) is 0 Å². The molecule has 0 bridgehead atoms. The molecule has 0 aromatic heterocycles. The van der Waals surface area contributed by atoms with Crippen LogP contribution in [-0.4, -0.2) is 93.7 Å². The maximum absolute atomic E-state index is 14.4. The monoisotopic (exact) mass is 728 g/mol. The third-order valence-corrected chi connectivity index (χ3v) is 10.2. The number of carbonyl (C=O) groups excluding carboxylic acids is 2. The summed E-state index contributed by atoms with van der Waals surface area (Å²) in [6, 6.07) is 13.0. The zero-order valence-corrected chi connectivity index (χ0v) is 30.0. The molecule has 2 aliphatic heterocycles. The standard InChI is InChI=1S/C36H45FN4O9S/c1-23-19-41(24(2)21-42)35(43)30-17-28(39-51(45,46)29-12-8-26(37)9-13-29)11-14-31(30)50-25(3)7-5-6-16-47-34(23)20-40(4)36(44)38-27-10-15-32-33(18-27)49-22-48-32/h8-15,17-18,23-25,34,39,42H,5-7,16,19-22H2,1-4H3,(H,38,44)/t23-,24-,25-,34+/m0/s1. The Hall–Kier alpha value is -4.60. The fraction of sp³-hybridized carbons (Fsp3) is 0.444. The van der Waals surface area contributed by atoms with Crippen LogP contribution in [-0.2, 0) is 14.8 Å². The highest BCUT2D eigenvalue weighted by atomic mass is 32.2. The molecule has 5 rings (SSSR count). The van der Waals surface area contributed by atoms with Crippen molar-refractivity contribution in [2.24, 2.45) is 5.92 Å². The third kappa shape index (κ3) is 9.60. The molecule has 3 N–H and O–H groups in total. The zero-order valence-electron chi connectivity index (χ0n) is 29.1. The SMILES string of the molecule is C[C@H]1CCCCO[C@H](CN(C)C(=O)Nc2ccc3c(c2)OCO3)[C@@H](C)CN([C@@H](C)CO)C(=O)c2cc(NS(=O)(=O)c3ccc(F)cc3)ccc2O1. The smallest absolute Gasteiger partial charge is 0.321 e. The Morgan fingerprint density at radius 3 is 2.47 bits per heavy atom. The van der Waals surface area contributed by atoms with Crippen LogP contribution in [0.3, 0.4) is 0 Å². The van der Waals surface area contributed by atoms with Crippen LogP contribution in [0.4, 0.5) is 20.6 Å². The van der Waals surface area contributed by atoms with Crippen molar-refractivity contribution in [3.8, 4) is 17.2 Å². The van der Waals surface area contributed by atoms with Gasteiger partial charge in [0.15, 0.2) is 11.5 Å². The summed E-state index contributed by atoms with van der Waals surface area (Å²) in [7, 11) is -2.45. The molecule has 3 aromatic carbocycles. The molecule has 0 fully saturated rings. The number of aliphatic hydroxyl groups is 1. The van der Waals surface area contributed by atoms with E-state index in [1.54, 1.807) is 38.2 Å². The van der Waals surface area contributed by atoms with E-state index in [1.807, 2.05) is 13.8 Å². The van der Waals surface area contributed by atoms with Gasteiger partial charge < -0.3 is 39.2 Å². The maximum Gasteiger partial charge on any atom is 0.321 e. The molecule has 0 saturated heterocycles. The topological polar surface area (TPSA) is 156 Å². The Balaban J connectivity index is 1.39. The first-order valence-electron chi connectivity index (χ1n) is 16.9. The molecule has 276 valence electrons. The van der Waals surface area contributed by atoms with Crippen molar-refractivity contribution >= 4 is 33.3 Å². The molecular formula is C36H45FN4O9S. The van der Waals surface area contributed by atoms with Crippen molar-refractivity contribution in [1.82, 2.24) is 9.80 Å². The highest BCUT2D eigenvalue weighted by molar-refractivity contribution is 7.92. The molecular weight excluding hydrogens is 683 g/mol. The lowest BCUT2D eigenvalue weighted by Crippen LogP contribution is -2.48. The summed E-state index contributed by atoms with van der Waals surface area (Å²) in [4.78, 5) is 30.5. The maximum atomic E-state index is 14.4. The number of sulfonamides is 1. The molecule has 3 aromatic rings. The number of urea groups is 1. The van der Waals surface area contributed by atoms with E-state index < -0.39 is 33.9 Å². The molecule has 0 aliphatic carbocycles. The lowest BCUT2D eigenvalue weighted by molar-refractivity contribution is -0.0115. The van der Waals surface area contributed by atoms with Crippen molar-refractivity contribution < 1.29 is 46.5 Å². The van der Waals surface area contributed by atoms with Gasteiger partial charge in [0.05, 0.1) is 35.3 Å². The van der Waals surface area contributed by atoms with Crippen LogP contribution in [0.2, 0.25) is 0 Å². The second kappa shape index (κ2) is 16.6. The Labute approximate surface area is 297 Å². The number of benzene rings is 3. The molecule has 2 heterocycles. The number of hydrogen-bond donors (Lipinski definition) is 3. The van der Waals surface area contributed by atoms with E-state index in [2.05, 4.69) is 10.0 Å². The summed E-state index contributed by atoms with van der Waals surface area (Å²) in [6.07, 6.45) is 1.39. The van der Waals surface area contributed by atoms with E-state index in [-0.39, 0.29) is 66.4 Å². The van der Waals surface area contributed by atoms with Gasteiger partial charge in [-0.3, -0.25) is 9.52 Å². The summed E-state index contributed by atoms with van der Waals surface area (Å²) in [5.41, 5.74) is 0.743. The summed E-state index contributed by atoms with van der Waals surface area (Å²) in [5.74, 6) is 0.0387. The van der Waals surface area contributed by atoms with Gasteiger partial charge in [0.25, 0.3) is 15.9 Å². The van der Waals surface area contributed by atoms with Gasteiger partial charge in [-0.1, -0.05) is 6.92 Å². The van der Waals surface area contributed by atoms with Gasteiger partial charge in [0, 0.05) is 50.1 Å². The van der Waals surface area contributed by atoms with Crippen molar-refractivity contribution in [3.63, 3.8) is 0 Å². The van der Waals surface area contributed by atoms with Gasteiger partial charge in [-0.05, 0) is 87.7 Å². The second-order valence-corrected chi connectivity index (χ2v) is 14.6. The lowest BCUT2D eigenvalue weighted by atomic mass is 10.0. The predicted molar refractivity (Wildman–Crippen MR) is 188 cm³/mol. The first-order valence-corrected chi connectivity index (χ1v) is 18.4. The Bertz CT molecular complexity index is 1790. The van der Waals surface area contributed by atoms with E-state index in [9.17, 15) is 27.5 Å². The highest BCUT2D eigenvalue weighted by Crippen LogP contribution is 2.34. The van der Waals surface area contributed by atoms with E-state index in [4.69, 9.17) is 18.9 Å². The van der Waals surface area contributed by atoms with Crippen LogP contribution in [0, 0.1) is 11.7 Å². The lowest BCUT2D eigenvalue weighted by Gasteiger charge is -2.35.